The van der Waals surface area contributed by atoms with Gasteiger partial charge in [0, 0.05) is 12.7 Å². The quantitative estimate of drug-likeness (QED) is 0.599. The zero-order valence-corrected chi connectivity index (χ0v) is 17.7. The van der Waals surface area contributed by atoms with Crippen LogP contribution in [-0.2, 0) is 10.0 Å². The molecule has 6 nitrogen and oxygen atoms in total. The molecule has 0 heterocycles. The van der Waals surface area contributed by atoms with Crippen LogP contribution >= 0.6 is 11.6 Å². The van der Waals surface area contributed by atoms with Crippen molar-refractivity contribution < 1.29 is 22.3 Å². The van der Waals surface area contributed by atoms with Gasteiger partial charge in [-0.25, -0.2) is 12.8 Å². The average Bonchev–Trinajstić information content (AvgIpc) is 2.73. The number of ether oxygens (including phenoxy) is 1. The number of carbonyl (C=O) groups excluding carboxylic acids is 1. The first kappa shape index (κ1) is 21.6. The molecule has 0 aromatic heterocycles. The lowest BCUT2D eigenvalue weighted by Crippen LogP contribution is -2.27. The van der Waals surface area contributed by atoms with Crippen molar-refractivity contribution in [3.8, 4) is 5.75 Å². The maximum absolute atomic E-state index is 13.4. The van der Waals surface area contributed by atoms with Gasteiger partial charge in [-0.1, -0.05) is 29.8 Å². The van der Waals surface area contributed by atoms with Gasteiger partial charge in [0.25, 0.3) is 15.9 Å². The fourth-order valence-corrected chi connectivity index (χ4v) is 4.22. The third kappa shape index (κ3) is 4.39. The normalized spacial score (nSPS) is 11.1. The summed E-state index contributed by atoms with van der Waals surface area (Å²) in [6.45, 7) is 0. The zero-order valence-electron chi connectivity index (χ0n) is 16.1. The molecule has 30 heavy (non-hydrogen) atoms. The standard InChI is InChI=1S/C21H18ClFN2O4S/c1-25(19-8-3-4-9-20(19)29-2)30(27,28)16-10-11-18(22)17(13-16)21(26)24-15-7-5-6-14(23)12-15/h3-13H,1-2H3,(H,24,26). The highest BCUT2D eigenvalue weighted by Crippen LogP contribution is 2.32. The van der Waals surface area contributed by atoms with E-state index in [4.69, 9.17) is 16.3 Å². The lowest BCUT2D eigenvalue weighted by atomic mass is 10.2. The molecule has 3 aromatic carbocycles. The summed E-state index contributed by atoms with van der Waals surface area (Å²) in [4.78, 5) is 12.5. The minimum absolute atomic E-state index is 0.0581. The van der Waals surface area contributed by atoms with Crippen LogP contribution in [0, 0.1) is 5.82 Å². The Morgan fingerprint density at radius 1 is 1.07 bits per heavy atom. The van der Waals surface area contributed by atoms with Crippen molar-refractivity contribution >= 4 is 38.9 Å². The van der Waals surface area contributed by atoms with Crippen LogP contribution in [0.25, 0.3) is 0 Å². The molecule has 0 atom stereocenters. The summed E-state index contributed by atoms with van der Waals surface area (Å²) in [6, 6.07) is 15.8. The van der Waals surface area contributed by atoms with Crippen molar-refractivity contribution in [2.75, 3.05) is 23.8 Å². The second-order valence-electron chi connectivity index (χ2n) is 6.25. The Labute approximate surface area is 178 Å². The van der Waals surface area contributed by atoms with Crippen LogP contribution in [0.1, 0.15) is 10.4 Å². The van der Waals surface area contributed by atoms with Gasteiger partial charge >= 0.3 is 0 Å². The third-order valence-corrected chi connectivity index (χ3v) is 6.44. The minimum atomic E-state index is -4.02. The van der Waals surface area contributed by atoms with E-state index in [9.17, 15) is 17.6 Å². The van der Waals surface area contributed by atoms with Gasteiger partial charge in [0.1, 0.15) is 11.6 Å². The molecule has 0 spiro atoms. The van der Waals surface area contributed by atoms with Gasteiger partial charge in [-0.3, -0.25) is 9.10 Å². The van der Waals surface area contributed by atoms with Crippen molar-refractivity contribution in [3.63, 3.8) is 0 Å². The van der Waals surface area contributed by atoms with Crippen LogP contribution in [0.3, 0.4) is 0 Å². The summed E-state index contributed by atoms with van der Waals surface area (Å²) in [6.07, 6.45) is 0. The molecule has 0 saturated carbocycles. The Bertz CT molecular complexity index is 1200. The van der Waals surface area contributed by atoms with Crippen molar-refractivity contribution in [1.29, 1.82) is 0 Å². The summed E-state index contributed by atoms with van der Waals surface area (Å²) in [5.41, 5.74) is 0.492. The fraction of sp³-hybridized carbons (Fsp3) is 0.0952. The molecule has 0 radical (unpaired) electrons. The van der Waals surface area contributed by atoms with Crippen molar-refractivity contribution in [2.45, 2.75) is 4.90 Å². The van der Waals surface area contributed by atoms with E-state index in [1.165, 1.54) is 50.6 Å². The number of methoxy groups -OCH3 is 1. The number of amides is 1. The van der Waals surface area contributed by atoms with Crippen LogP contribution < -0.4 is 14.4 Å². The van der Waals surface area contributed by atoms with Gasteiger partial charge in [0.2, 0.25) is 0 Å². The van der Waals surface area contributed by atoms with Crippen LogP contribution in [0.4, 0.5) is 15.8 Å². The van der Waals surface area contributed by atoms with Crippen LogP contribution in [0.5, 0.6) is 5.75 Å². The van der Waals surface area contributed by atoms with Crippen LogP contribution in [0.2, 0.25) is 5.02 Å². The van der Waals surface area contributed by atoms with Gasteiger partial charge in [0.15, 0.2) is 0 Å². The summed E-state index contributed by atoms with van der Waals surface area (Å²) in [5, 5.41) is 2.56. The SMILES string of the molecule is COc1ccccc1N(C)S(=O)(=O)c1ccc(Cl)c(C(=O)Nc2cccc(F)c2)c1. The molecule has 0 aliphatic rings. The van der Waals surface area contributed by atoms with Gasteiger partial charge in [-0.05, 0) is 48.5 Å². The number of rotatable bonds is 6. The number of nitrogens with zero attached hydrogens (tertiary/aromatic N) is 1. The zero-order chi connectivity index (χ0) is 21.9. The first-order valence-corrected chi connectivity index (χ1v) is 10.5. The first-order chi connectivity index (χ1) is 14.2. The largest absolute Gasteiger partial charge is 0.495 e. The number of sulfonamides is 1. The molecular formula is C21H18ClFN2O4S. The Morgan fingerprint density at radius 2 is 1.80 bits per heavy atom. The number of para-hydroxylation sites is 2. The summed E-state index contributed by atoms with van der Waals surface area (Å²) in [7, 11) is -1.20. The number of halogens is 2. The smallest absolute Gasteiger partial charge is 0.264 e. The summed E-state index contributed by atoms with van der Waals surface area (Å²) < 4.78 is 45.9. The van der Waals surface area contributed by atoms with E-state index in [1.807, 2.05) is 0 Å². The Morgan fingerprint density at radius 3 is 2.50 bits per heavy atom. The van der Waals surface area contributed by atoms with E-state index in [1.54, 1.807) is 24.3 Å². The third-order valence-electron chi connectivity index (χ3n) is 4.35. The van der Waals surface area contributed by atoms with Crippen molar-refractivity contribution in [1.82, 2.24) is 0 Å². The fourth-order valence-electron chi connectivity index (χ4n) is 2.78. The topological polar surface area (TPSA) is 75.7 Å². The highest BCUT2D eigenvalue weighted by atomic mass is 35.5. The van der Waals surface area contributed by atoms with Gasteiger partial charge in [-0.15, -0.1) is 0 Å². The molecule has 3 rings (SSSR count). The second-order valence-corrected chi connectivity index (χ2v) is 8.63. The van der Waals surface area contributed by atoms with E-state index in [2.05, 4.69) is 5.32 Å². The lowest BCUT2D eigenvalue weighted by Gasteiger charge is -2.22. The summed E-state index contributed by atoms with van der Waals surface area (Å²) in [5.74, 6) is -0.808. The predicted molar refractivity (Wildman–Crippen MR) is 114 cm³/mol. The van der Waals surface area contributed by atoms with Gasteiger partial charge < -0.3 is 10.1 Å². The molecule has 0 saturated heterocycles. The Hall–Kier alpha value is -3.10. The van der Waals surface area contributed by atoms with E-state index >= 15 is 0 Å². The molecular weight excluding hydrogens is 431 g/mol. The number of carbonyl (C=O) groups is 1. The molecule has 0 aliphatic carbocycles. The maximum Gasteiger partial charge on any atom is 0.264 e. The minimum Gasteiger partial charge on any atom is -0.495 e. The number of anilines is 2. The number of hydrogen-bond donors (Lipinski definition) is 1. The summed E-state index contributed by atoms with van der Waals surface area (Å²) >= 11 is 6.12. The molecule has 3 aromatic rings. The van der Waals surface area contributed by atoms with Crippen molar-refractivity contribution in [2.24, 2.45) is 0 Å². The second kappa shape index (κ2) is 8.73. The van der Waals surface area contributed by atoms with E-state index in [0.29, 0.717) is 11.4 Å². The first-order valence-electron chi connectivity index (χ1n) is 8.72. The molecule has 1 amide bonds. The molecule has 0 bridgehead atoms. The van der Waals surface area contributed by atoms with Gasteiger partial charge in [-0.2, -0.15) is 0 Å². The lowest BCUT2D eigenvalue weighted by molar-refractivity contribution is 0.102. The van der Waals surface area contributed by atoms with E-state index in [0.717, 1.165) is 10.4 Å². The molecule has 1 N–H and O–H groups in total. The number of nitrogens with one attached hydrogen (secondary N) is 1. The predicted octanol–water partition coefficient (Wildman–Crippen LogP) is 4.57. The van der Waals surface area contributed by atoms with E-state index in [-0.39, 0.29) is 21.2 Å². The van der Waals surface area contributed by atoms with Crippen LogP contribution in [-0.4, -0.2) is 28.5 Å². The monoisotopic (exact) mass is 448 g/mol. The van der Waals surface area contributed by atoms with Crippen LogP contribution in [0.15, 0.2) is 71.6 Å². The molecule has 0 fully saturated rings. The number of benzene rings is 3. The number of hydrogen-bond acceptors (Lipinski definition) is 4. The Kier molecular flexibility index (Phi) is 6.28. The molecule has 0 aliphatic heterocycles. The molecule has 156 valence electrons. The highest BCUT2D eigenvalue weighted by molar-refractivity contribution is 7.92. The Balaban J connectivity index is 1.96. The van der Waals surface area contributed by atoms with Crippen molar-refractivity contribution in [3.05, 3.63) is 83.1 Å². The van der Waals surface area contributed by atoms with Gasteiger partial charge in [0.05, 0.1) is 28.3 Å². The highest BCUT2D eigenvalue weighted by Gasteiger charge is 2.25. The average molecular weight is 449 g/mol. The molecule has 0 unspecified atom stereocenters. The molecule has 9 heteroatoms. The maximum atomic E-state index is 13.4. The van der Waals surface area contributed by atoms with E-state index < -0.39 is 21.7 Å².